The number of aryl methyl sites for hydroxylation is 1. The fourth-order valence-electron chi connectivity index (χ4n) is 1.54. The summed E-state index contributed by atoms with van der Waals surface area (Å²) in [5.41, 5.74) is 0.252. The molecule has 5 heteroatoms. The quantitative estimate of drug-likeness (QED) is 0.763. The third-order valence-electron chi connectivity index (χ3n) is 2.43. The first-order chi connectivity index (χ1) is 8.60. The third-order valence-corrected chi connectivity index (χ3v) is 2.43. The molecular weight excluding hydrogens is 240 g/mol. The van der Waals surface area contributed by atoms with E-state index in [0.29, 0.717) is 18.8 Å². The predicted octanol–water partition coefficient (Wildman–Crippen LogP) is 3.08. The summed E-state index contributed by atoms with van der Waals surface area (Å²) in [5.74, 6) is -1.20. The first-order valence-corrected chi connectivity index (χ1v) is 6.01. The molecule has 0 bridgehead atoms. The lowest BCUT2D eigenvalue weighted by atomic mass is 10.2. The van der Waals surface area contributed by atoms with Gasteiger partial charge in [0.15, 0.2) is 12.1 Å². The maximum absolute atomic E-state index is 13.7. The first-order valence-electron chi connectivity index (χ1n) is 6.01. The number of rotatable bonds is 7. The van der Waals surface area contributed by atoms with Crippen LogP contribution in [-0.4, -0.2) is 26.0 Å². The molecule has 0 aliphatic heterocycles. The molecule has 1 N–H and O–H groups in total. The van der Waals surface area contributed by atoms with Crippen LogP contribution in [0.25, 0.3) is 0 Å². The molecule has 1 aromatic carbocycles. The van der Waals surface area contributed by atoms with E-state index in [0.717, 1.165) is 0 Å². The summed E-state index contributed by atoms with van der Waals surface area (Å²) < 4.78 is 37.7. The molecule has 0 radical (unpaired) electrons. The summed E-state index contributed by atoms with van der Waals surface area (Å²) in [6, 6.07) is 2.63. The van der Waals surface area contributed by atoms with Gasteiger partial charge in [0.25, 0.3) is 0 Å². The Hall–Kier alpha value is -1.20. The predicted molar refractivity (Wildman–Crippen MR) is 66.6 cm³/mol. The fraction of sp³-hybridized carbons (Fsp3) is 0.538. The van der Waals surface area contributed by atoms with Gasteiger partial charge in [-0.05, 0) is 32.4 Å². The van der Waals surface area contributed by atoms with Crippen LogP contribution in [0, 0.1) is 18.6 Å². The monoisotopic (exact) mass is 259 g/mol. The van der Waals surface area contributed by atoms with Gasteiger partial charge in [-0.25, -0.2) is 8.78 Å². The minimum absolute atomic E-state index is 0.139. The Bertz CT molecular complexity index is 379. The van der Waals surface area contributed by atoms with Gasteiger partial charge in [-0.1, -0.05) is 6.07 Å². The van der Waals surface area contributed by atoms with Crippen LogP contribution in [0.3, 0.4) is 0 Å². The molecule has 102 valence electrons. The van der Waals surface area contributed by atoms with E-state index in [9.17, 15) is 8.78 Å². The van der Waals surface area contributed by atoms with E-state index in [2.05, 4.69) is 5.32 Å². The van der Waals surface area contributed by atoms with Crippen molar-refractivity contribution in [1.29, 1.82) is 0 Å². The van der Waals surface area contributed by atoms with E-state index in [1.165, 1.54) is 12.1 Å². The topological polar surface area (TPSA) is 30.5 Å². The lowest BCUT2D eigenvalue weighted by Crippen LogP contribution is -2.27. The van der Waals surface area contributed by atoms with Gasteiger partial charge in [-0.15, -0.1) is 0 Å². The third kappa shape index (κ3) is 3.92. The Balaban J connectivity index is 2.69. The average molecular weight is 259 g/mol. The second-order valence-electron chi connectivity index (χ2n) is 3.77. The van der Waals surface area contributed by atoms with Crippen molar-refractivity contribution in [2.45, 2.75) is 27.1 Å². The highest BCUT2D eigenvalue weighted by Crippen LogP contribution is 2.21. The van der Waals surface area contributed by atoms with Crippen LogP contribution in [0.5, 0.6) is 0 Å². The molecule has 0 amide bonds. The highest BCUT2D eigenvalue weighted by Gasteiger charge is 2.14. The Kier molecular flexibility index (Phi) is 6.01. The van der Waals surface area contributed by atoms with E-state index < -0.39 is 17.9 Å². The molecule has 0 aliphatic rings. The molecular formula is C13H19F2NO2. The molecule has 0 saturated carbocycles. The molecule has 0 heterocycles. The highest BCUT2D eigenvalue weighted by molar-refractivity contribution is 5.48. The zero-order valence-corrected chi connectivity index (χ0v) is 10.9. The first kappa shape index (κ1) is 14.9. The van der Waals surface area contributed by atoms with Gasteiger partial charge in [-0.2, -0.15) is 0 Å². The largest absolute Gasteiger partial charge is 0.375 e. The van der Waals surface area contributed by atoms with E-state index in [1.807, 2.05) is 13.8 Å². The van der Waals surface area contributed by atoms with Crippen LogP contribution in [0.15, 0.2) is 12.1 Å². The molecule has 0 fully saturated rings. The van der Waals surface area contributed by atoms with Crippen molar-refractivity contribution < 1.29 is 18.3 Å². The smallest absolute Gasteiger partial charge is 0.174 e. The standard InChI is InChI=1S/C13H19F2NO2/c1-4-17-11(18-5-2)8-16-13-10(14)7-6-9(3)12(13)15/h6-7,11,16H,4-5,8H2,1-3H3. The van der Waals surface area contributed by atoms with Crippen LogP contribution in [0.4, 0.5) is 14.5 Å². The van der Waals surface area contributed by atoms with Crippen molar-refractivity contribution in [1.82, 2.24) is 0 Å². The number of halogens is 2. The van der Waals surface area contributed by atoms with E-state index in [-0.39, 0.29) is 12.2 Å². The number of nitrogens with one attached hydrogen (secondary N) is 1. The van der Waals surface area contributed by atoms with Crippen LogP contribution >= 0.6 is 0 Å². The van der Waals surface area contributed by atoms with Gasteiger partial charge >= 0.3 is 0 Å². The number of benzene rings is 1. The van der Waals surface area contributed by atoms with E-state index >= 15 is 0 Å². The fourth-order valence-corrected chi connectivity index (χ4v) is 1.54. The number of ether oxygens (including phenoxy) is 2. The van der Waals surface area contributed by atoms with Crippen molar-refractivity contribution >= 4 is 5.69 Å². The summed E-state index contributed by atoms with van der Waals surface area (Å²) in [5, 5.41) is 2.69. The average Bonchev–Trinajstić information content (AvgIpc) is 2.34. The minimum atomic E-state index is -0.621. The van der Waals surface area contributed by atoms with Gasteiger partial charge in [0, 0.05) is 13.2 Å². The van der Waals surface area contributed by atoms with Crippen molar-refractivity contribution in [3.8, 4) is 0 Å². The normalized spacial score (nSPS) is 11.0. The zero-order chi connectivity index (χ0) is 13.5. The highest BCUT2D eigenvalue weighted by atomic mass is 19.1. The Morgan fingerprint density at radius 1 is 1.17 bits per heavy atom. The van der Waals surface area contributed by atoms with Gasteiger partial charge < -0.3 is 14.8 Å². The molecule has 18 heavy (non-hydrogen) atoms. The van der Waals surface area contributed by atoms with Crippen LogP contribution in [-0.2, 0) is 9.47 Å². The van der Waals surface area contributed by atoms with Crippen molar-refractivity contribution in [3.63, 3.8) is 0 Å². The second kappa shape index (κ2) is 7.28. The zero-order valence-electron chi connectivity index (χ0n) is 10.9. The summed E-state index contributed by atoms with van der Waals surface area (Å²) in [6.45, 7) is 6.40. The van der Waals surface area contributed by atoms with Crippen molar-refractivity contribution in [2.24, 2.45) is 0 Å². The van der Waals surface area contributed by atoms with Gasteiger partial charge in [-0.3, -0.25) is 0 Å². The lowest BCUT2D eigenvalue weighted by Gasteiger charge is -2.18. The molecule has 0 unspecified atom stereocenters. The second-order valence-corrected chi connectivity index (χ2v) is 3.77. The molecule has 0 aliphatic carbocycles. The minimum Gasteiger partial charge on any atom is -0.375 e. The maximum atomic E-state index is 13.7. The molecule has 0 atom stereocenters. The van der Waals surface area contributed by atoms with Crippen molar-refractivity contribution in [2.75, 3.05) is 25.1 Å². The summed E-state index contributed by atoms with van der Waals surface area (Å²) in [7, 11) is 0. The Morgan fingerprint density at radius 3 is 2.33 bits per heavy atom. The summed E-state index contributed by atoms with van der Waals surface area (Å²) in [4.78, 5) is 0. The van der Waals surface area contributed by atoms with E-state index in [4.69, 9.17) is 9.47 Å². The Morgan fingerprint density at radius 2 is 1.78 bits per heavy atom. The van der Waals surface area contributed by atoms with E-state index in [1.54, 1.807) is 6.92 Å². The molecule has 0 spiro atoms. The van der Waals surface area contributed by atoms with Gasteiger partial charge in [0.1, 0.15) is 11.5 Å². The number of anilines is 1. The molecule has 1 aromatic rings. The van der Waals surface area contributed by atoms with Crippen molar-refractivity contribution in [3.05, 3.63) is 29.3 Å². The molecule has 0 saturated heterocycles. The maximum Gasteiger partial charge on any atom is 0.174 e. The number of hydrogen-bond acceptors (Lipinski definition) is 3. The summed E-state index contributed by atoms with van der Waals surface area (Å²) in [6.07, 6.45) is -0.515. The molecule has 3 nitrogen and oxygen atoms in total. The molecule has 1 rings (SSSR count). The Labute approximate surface area is 106 Å². The van der Waals surface area contributed by atoms with Crippen LogP contribution < -0.4 is 5.32 Å². The summed E-state index contributed by atoms with van der Waals surface area (Å²) >= 11 is 0. The van der Waals surface area contributed by atoms with Crippen LogP contribution in [0.1, 0.15) is 19.4 Å². The van der Waals surface area contributed by atoms with Crippen LogP contribution in [0.2, 0.25) is 0 Å². The lowest BCUT2D eigenvalue weighted by molar-refractivity contribution is -0.126. The molecule has 0 aromatic heterocycles. The van der Waals surface area contributed by atoms with Gasteiger partial charge in [0.05, 0.1) is 6.54 Å². The SMILES string of the molecule is CCOC(CNc1c(F)ccc(C)c1F)OCC. The number of hydrogen-bond donors (Lipinski definition) is 1. The van der Waals surface area contributed by atoms with Gasteiger partial charge in [0.2, 0.25) is 0 Å².